The molecular formula is C10H10FN3O. The lowest BCUT2D eigenvalue weighted by Crippen LogP contribution is -1.99. The van der Waals surface area contributed by atoms with E-state index in [0.717, 1.165) is 0 Å². The van der Waals surface area contributed by atoms with Crippen molar-refractivity contribution in [3.63, 3.8) is 0 Å². The molecule has 0 unspecified atom stereocenters. The van der Waals surface area contributed by atoms with E-state index >= 15 is 0 Å². The van der Waals surface area contributed by atoms with E-state index < -0.39 is 0 Å². The summed E-state index contributed by atoms with van der Waals surface area (Å²) in [5.74, 6) is 0.133. The van der Waals surface area contributed by atoms with Crippen molar-refractivity contribution >= 4 is 5.69 Å². The Morgan fingerprint density at radius 3 is 3.00 bits per heavy atom. The van der Waals surface area contributed by atoms with Gasteiger partial charge in [0, 0.05) is 6.07 Å². The van der Waals surface area contributed by atoms with Crippen LogP contribution in [0.4, 0.5) is 10.1 Å². The number of hydrogen-bond donors (Lipinski definition) is 2. The highest BCUT2D eigenvalue weighted by molar-refractivity contribution is 5.39. The zero-order chi connectivity index (χ0) is 10.7. The van der Waals surface area contributed by atoms with E-state index in [2.05, 4.69) is 10.2 Å². The molecule has 5 heteroatoms. The van der Waals surface area contributed by atoms with E-state index in [4.69, 9.17) is 10.5 Å². The minimum Gasteiger partial charge on any atom is -0.487 e. The van der Waals surface area contributed by atoms with Gasteiger partial charge in [-0.15, -0.1) is 0 Å². The van der Waals surface area contributed by atoms with Gasteiger partial charge in [-0.1, -0.05) is 6.07 Å². The first-order valence-corrected chi connectivity index (χ1v) is 4.42. The average Bonchev–Trinajstić information content (AvgIpc) is 2.61. The number of nitrogens with zero attached hydrogens (tertiary/aromatic N) is 1. The van der Waals surface area contributed by atoms with Crippen LogP contribution in [0.3, 0.4) is 0 Å². The second-order valence-corrected chi connectivity index (χ2v) is 3.05. The number of hydrogen-bond acceptors (Lipinski definition) is 3. The molecule has 0 radical (unpaired) electrons. The van der Waals surface area contributed by atoms with Crippen molar-refractivity contribution in [2.24, 2.45) is 0 Å². The Bertz CT molecular complexity index is 455. The van der Waals surface area contributed by atoms with Crippen molar-refractivity contribution in [1.82, 2.24) is 10.2 Å². The Morgan fingerprint density at radius 1 is 1.47 bits per heavy atom. The van der Waals surface area contributed by atoms with Crippen molar-refractivity contribution in [3.05, 3.63) is 42.0 Å². The molecule has 3 N–H and O–H groups in total. The normalized spacial score (nSPS) is 10.2. The van der Waals surface area contributed by atoms with Crippen molar-refractivity contribution in [1.29, 1.82) is 0 Å². The summed E-state index contributed by atoms with van der Waals surface area (Å²) in [5.41, 5.74) is 6.80. The number of rotatable bonds is 3. The predicted molar refractivity (Wildman–Crippen MR) is 53.7 cm³/mol. The topological polar surface area (TPSA) is 63.9 Å². The van der Waals surface area contributed by atoms with Crippen LogP contribution in [0.1, 0.15) is 5.69 Å². The van der Waals surface area contributed by atoms with Gasteiger partial charge < -0.3 is 10.5 Å². The summed E-state index contributed by atoms with van der Waals surface area (Å²) in [5, 5.41) is 6.44. The molecular weight excluding hydrogens is 197 g/mol. The van der Waals surface area contributed by atoms with Crippen LogP contribution in [0.2, 0.25) is 0 Å². The monoisotopic (exact) mass is 207 g/mol. The highest BCUT2D eigenvalue weighted by atomic mass is 19.1. The van der Waals surface area contributed by atoms with E-state index in [9.17, 15) is 4.39 Å². The maximum absolute atomic E-state index is 12.8. The summed E-state index contributed by atoms with van der Waals surface area (Å²) in [6, 6.07) is 5.93. The third kappa shape index (κ3) is 2.25. The summed E-state index contributed by atoms with van der Waals surface area (Å²) in [7, 11) is 0. The Morgan fingerprint density at radius 2 is 2.33 bits per heavy atom. The van der Waals surface area contributed by atoms with Gasteiger partial charge in [0.05, 0.1) is 17.6 Å². The smallest absolute Gasteiger partial charge is 0.132 e. The van der Waals surface area contributed by atoms with Gasteiger partial charge in [0.2, 0.25) is 0 Å². The number of aromatic amines is 1. The fraction of sp³-hybridized carbons (Fsp3) is 0.100. The molecule has 0 atom stereocenters. The molecule has 2 aromatic rings. The molecule has 0 aliphatic heterocycles. The van der Waals surface area contributed by atoms with Crippen LogP contribution in [0, 0.1) is 5.82 Å². The zero-order valence-corrected chi connectivity index (χ0v) is 7.90. The number of H-pyrrole nitrogens is 1. The quantitative estimate of drug-likeness (QED) is 0.805. The standard InChI is InChI=1S/C10H10FN3O/c11-7-2-1-3-8(4-7)15-6-10-9(12)5-13-14-10/h1-5H,6,12H2,(H,13,14). The predicted octanol–water partition coefficient (Wildman–Crippen LogP) is 1.71. The summed E-state index contributed by atoms with van der Waals surface area (Å²) in [4.78, 5) is 0. The van der Waals surface area contributed by atoms with Crippen LogP contribution in [0.25, 0.3) is 0 Å². The van der Waals surface area contributed by atoms with Crippen LogP contribution >= 0.6 is 0 Å². The van der Waals surface area contributed by atoms with Crippen LogP contribution < -0.4 is 10.5 Å². The van der Waals surface area contributed by atoms with Crippen molar-refractivity contribution < 1.29 is 9.13 Å². The molecule has 0 bridgehead atoms. The highest BCUT2D eigenvalue weighted by Gasteiger charge is 2.02. The molecule has 78 valence electrons. The first-order valence-electron chi connectivity index (χ1n) is 4.42. The van der Waals surface area contributed by atoms with Crippen LogP contribution in [-0.4, -0.2) is 10.2 Å². The van der Waals surface area contributed by atoms with Gasteiger partial charge in [0.1, 0.15) is 18.2 Å². The van der Waals surface area contributed by atoms with Crippen LogP contribution in [-0.2, 0) is 6.61 Å². The number of aromatic nitrogens is 2. The largest absolute Gasteiger partial charge is 0.487 e. The molecule has 1 aromatic heterocycles. The van der Waals surface area contributed by atoms with Gasteiger partial charge >= 0.3 is 0 Å². The summed E-state index contributed by atoms with van der Waals surface area (Å²) in [6.07, 6.45) is 1.50. The third-order valence-corrected chi connectivity index (χ3v) is 1.93. The Labute approximate surface area is 85.9 Å². The van der Waals surface area contributed by atoms with Gasteiger partial charge in [-0.3, -0.25) is 5.10 Å². The van der Waals surface area contributed by atoms with E-state index in [-0.39, 0.29) is 12.4 Å². The molecule has 1 aromatic carbocycles. The van der Waals surface area contributed by atoms with Crippen LogP contribution in [0.5, 0.6) is 5.75 Å². The minimum atomic E-state index is -0.329. The molecule has 2 rings (SSSR count). The summed E-state index contributed by atoms with van der Waals surface area (Å²) < 4.78 is 18.1. The number of halogens is 1. The van der Waals surface area contributed by atoms with Gasteiger partial charge in [0.25, 0.3) is 0 Å². The molecule has 0 saturated heterocycles. The maximum atomic E-state index is 12.8. The molecule has 4 nitrogen and oxygen atoms in total. The summed E-state index contributed by atoms with van der Waals surface area (Å²) in [6.45, 7) is 0.245. The second kappa shape index (κ2) is 4.00. The van der Waals surface area contributed by atoms with Gasteiger partial charge in [-0.05, 0) is 12.1 Å². The Balaban J connectivity index is 2.02. The fourth-order valence-electron chi connectivity index (χ4n) is 1.15. The Hall–Kier alpha value is -2.04. The van der Waals surface area contributed by atoms with E-state index in [1.807, 2.05) is 0 Å². The first kappa shape index (κ1) is 9.51. The molecule has 1 heterocycles. The molecule has 0 fully saturated rings. The first-order chi connectivity index (χ1) is 7.25. The van der Waals surface area contributed by atoms with Crippen molar-refractivity contribution in [2.75, 3.05) is 5.73 Å². The molecule has 0 aliphatic rings. The SMILES string of the molecule is Nc1cn[nH]c1COc1cccc(F)c1. The van der Waals surface area contributed by atoms with Crippen molar-refractivity contribution in [2.45, 2.75) is 6.61 Å². The molecule has 0 amide bonds. The lowest BCUT2D eigenvalue weighted by atomic mass is 10.3. The molecule has 0 aliphatic carbocycles. The molecule has 15 heavy (non-hydrogen) atoms. The van der Waals surface area contributed by atoms with E-state index in [1.54, 1.807) is 12.1 Å². The number of ether oxygens (including phenoxy) is 1. The average molecular weight is 207 g/mol. The van der Waals surface area contributed by atoms with E-state index in [1.165, 1.54) is 18.3 Å². The number of nitrogens with two attached hydrogens (primary N) is 1. The molecule has 0 saturated carbocycles. The number of nitrogens with one attached hydrogen (secondary N) is 1. The maximum Gasteiger partial charge on any atom is 0.132 e. The van der Waals surface area contributed by atoms with Crippen LogP contribution in [0.15, 0.2) is 30.5 Å². The summed E-state index contributed by atoms with van der Waals surface area (Å²) >= 11 is 0. The Kier molecular flexibility index (Phi) is 2.53. The second-order valence-electron chi connectivity index (χ2n) is 3.05. The number of anilines is 1. The number of nitrogen functional groups attached to an aromatic ring is 1. The van der Waals surface area contributed by atoms with E-state index in [0.29, 0.717) is 17.1 Å². The lowest BCUT2D eigenvalue weighted by molar-refractivity contribution is 0.300. The van der Waals surface area contributed by atoms with Gasteiger partial charge in [0.15, 0.2) is 0 Å². The van der Waals surface area contributed by atoms with Crippen molar-refractivity contribution in [3.8, 4) is 5.75 Å². The molecule has 0 spiro atoms. The highest BCUT2D eigenvalue weighted by Crippen LogP contribution is 2.15. The number of benzene rings is 1. The lowest BCUT2D eigenvalue weighted by Gasteiger charge is -2.04. The minimum absolute atomic E-state index is 0.245. The fourth-order valence-corrected chi connectivity index (χ4v) is 1.15. The zero-order valence-electron chi connectivity index (χ0n) is 7.90. The van der Waals surface area contributed by atoms with Gasteiger partial charge in [-0.25, -0.2) is 4.39 Å². The van der Waals surface area contributed by atoms with Gasteiger partial charge in [-0.2, -0.15) is 5.10 Å². The third-order valence-electron chi connectivity index (χ3n) is 1.93.